The van der Waals surface area contributed by atoms with Crippen LogP contribution in [0, 0.1) is 11.8 Å². The zero-order valence-corrected chi connectivity index (χ0v) is 9.32. The molecule has 0 unspecified atom stereocenters. The number of piperidine rings is 1. The van der Waals surface area contributed by atoms with E-state index in [9.17, 15) is 4.79 Å². The summed E-state index contributed by atoms with van der Waals surface area (Å²) in [5, 5.41) is 9.01. The Morgan fingerprint density at radius 1 is 1.13 bits per heavy atom. The number of nitrogens with zero attached hydrogens (tertiary/aromatic N) is 1. The second-order valence-corrected chi connectivity index (χ2v) is 5.01. The third-order valence-corrected chi connectivity index (χ3v) is 3.91. The first-order chi connectivity index (χ1) is 7.29. The fraction of sp³-hybridized carbons (Fsp3) is 0.917. The second-order valence-electron chi connectivity index (χ2n) is 5.01. The standard InChI is InChI=1S/C12H21NO2/c14-9-11-4-6-13(7-5-11)12(15)8-10-2-1-3-10/h10-11,14H,1-9H2. The van der Waals surface area contributed by atoms with Crippen LogP contribution in [-0.2, 0) is 4.79 Å². The van der Waals surface area contributed by atoms with Gasteiger partial charge in [0.15, 0.2) is 0 Å². The average Bonchev–Trinajstić information content (AvgIpc) is 2.23. The number of aliphatic hydroxyl groups excluding tert-OH is 1. The van der Waals surface area contributed by atoms with E-state index in [4.69, 9.17) is 5.11 Å². The van der Waals surface area contributed by atoms with Gasteiger partial charge in [0.1, 0.15) is 0 Å². The minimum atomic E-state index is 0.282. The number of aliphatic hydroxyl groups is 1. The Hall–Kier alpha value is -0.570. The number of amides is 1. The van der Waals surface area contributed by atoms with E-state index in [2.05, 4.69) is 0 Å². The van der Waals surface area contributed by atoms with E-state index in [0.29, 0.717) is 17.7 Å². The molecule has 0 aromatic carbocycles. The Kier molecular flexibility index (Phi) is 3.62. The van der Waals surface area contributed by atoms with E-state index < -0.39 is 0 Å². The van der Waals surface area contributed by atoms with Crippen molar-refractivity contribution in [2.45, 2.75) is 38.5 Å². The van der Waals surface area contributed by atoms with Crippen LogP contribution >= 0.6 is 0 Å². The van der Waals surface area contributed by atoms with Crippen molar-refractivity contribution in [3.05, 3.63) is 0 Å². The van der Waals surface area contributed by atoms with Crippen LogP contribution in [0.1, 0.15) is 38.5 Å². The van der Waals surface area contributed by atoms with E-state index >= 15 is 0 Å². The van der Waals surface area contributed by atoms with Gasteiger partial charge in [-0.2, -0.15) is 0 Å². The van der Waals surface area contributed by atoms with Gasteiger partial charge < -0.3 is 10.0 Å². The summed E-state index contributed by atoms with van der Waals surface area (Å²) in [5.74, 6) is 1.45. The first-order valence-corrected chi connectivity index (χ1v) is 6.18. The molecule has 1 heterocycles. The lowest BCUT2D eigenvalue weighted by Gasteiger charge is -2.33. The number of carbonyl (C=O) groups is 1. The highest BCUT2D eigenvalue weighted by atomic mass is 16.3. The van der Waals surface area contributed by atoms with E-state index in [-0.39, 0.29) is 6.61 Å². The molecular formula is C12H21NO2. The fourth-order valence-electron chi connectivity index (χ4n) is 2.44. The Labute approximate surface area is 91.5 Å². The largest absolute Gasteiger partial charge is 0.396 e. The van der Waals surface area contributed by atoms with Gasteiger partial charge in [0, 0.05) is 26.1 Å². The van der Waals surface area contributed by atoms with Gasteiger partial charge in [0.05, 0.1) is 0 Å². The minimum absolute atomic E-state index is 0.282. The lowest BCUT2D eigenvalue weighted by molar-refractivity contribution is -0.134. The zero-order chi connectivity index (χ0) is 10.7. The van der Waals surface area contributed by atoms with E-state index in [1.54, 1.807) is 0 Å². The molecule has 86 valence electrons. The van der Waals surface area contributed by atoms with E-state index in [1.165, 1.54) is 19.3 Å². The molecule has 1 saturated heterocycles. The van der Waals surface area contributed by atoms with Crippen LogP contribution in [0.15, 0.2) is 0 Å². The lowest BCUT2D eigenvalue weighted by Crippen LogP contribution is -2.40. The van der Waals surface area contributed by atoms with Crippen molar-refractivity contribution < 1.29 is 9.90 Å². The molecule has 1 aliphatic carbocycles. The highest BCUT2D eigenvalue weighted by Crippen LogP contribution is 2.30. The van der Waals surface area contributed by atoms with Crippen molar-refractivity contribution in [3.8, 4) is 0 Å². The van der Waals surface area contributed by atoms with Gasteiger partial charge in [0.2, 0.25) is 5.91 Å². The van der Waals surface area contributed by atoms with Crippen molar-refractivity contribution in [3.63, 3.8) is 0 Å². The molecule has 0 bridgehead atoms. The molecule has 0 spiro atoms. The Balaban J connectivity index is 1.71. The van der Waals surface area contributed by atoms with Crippen molar-refractivity contribution in [1.29, 1.82) is 0 Å². The van der Waals surface area contributed by atoms with Crippen molar-refractivity contribution >= 4 is 5.91 Å². The normalized spacial score (nSPS) is 23.9. The second kappa shape index (κ2) is 4.97. The summed E-state index contributed by atoms with van der Waals surface area (Å²) in [7, 11) is 0. The van der Waals surface area contributed by atoms with Gasteiger partial charge in [-0.1, -0.05) is 6.42 Å². The molecule has 2 rings (SSSR count). The van der Waals surface area contributed by atoms with Gasteiger partial charge in [-0.25, -0.2) is 0 Å². The van der Waals surface area contributed by atoms with Crippen LogP contribution < -0.4 is 0 Å². The topological polar surface area (TPSA) is 40.5 Å². The maximum Gasteiger partial charge on any atom is 0.222 e. The molecule has 2 aliphatic rings. The number of likely N-dealkylation sites (tertiary alicyclic amines) is 1. The number of carbonyl (C=O) groups excluding carboxylic acids is 1. The quantitative estimate of drug-likeness (QED) is 0.766. The fourth-order valence-corrected chi connectivity index (χ4v) is 2.44. The summed E-state index contributed by atoms with van der Waals surface area (Å²) >= 11 is 0. The van der Waals surface area contributed by atoms with Crippen LogP contribution in [0.5, 0.6) is 0 Å². The average molecular weight is 211 g/mol. The SMILES string of the molecule is O=C(CC1CCC1)N1CCC(CO)CC1. The first kappa shape index (κ1) is 10.9. The molecular weight excluding hydrogens is 190 g/mol. The Bertz CT molecular complexity index is 218. The van der Waals surface area contributed by atoms with Gasteiger partial charge in [-0.15, -0.1) is 0 Å². The van der Waals surface area contributed by atoms with Gasteiger partial charge in [0.25, 0.3) is 0 Å². The molecule has 2 fully saturated rings. The third kappa shape index (κ3) is 2.71. The Morgan fingerprint density at radius 3 is 2.27 bits per heavy atom. The van der Waals surface area contributed by atoms with Crippen LogP contribution in [0.4, 0.5) is 0 Å². The van der Waals surface area contributed by atoms with Crippen molar-refractivity contribution in [2.24, 2.45) is 11.8 Å². The predicted octanol–water partition coefficient (Wildman–Crippen LogP) is 1.41. The third-order valence-electron chi connectivity index (χ3n) is 3.91. The summed E-state index contributed by atoms with van der Waals surface area (Å²) < 4.78 is 0. The van der Waals surface area contributed by atoms with Crippen molar-refractivity contribution in [2.75, 3.05) is 19.7 Å². The smallest absolute Gasteiger partial charge is 0.222 e. The minimum Gasteiger partial charge on any atom is -0.396 e. The highest BCUT2D eigenvalue weighted by Gasteiger charge is 2.26. The first-order valence-electron chi connectivity index (χ1n) is 6.18. The van der Waals surface area contributed by atoms with Crippen LogP contribution in [-0.4, -0.2) is 35.6 Å². The molecule has 1 saturated carbocycles. The number of rotatable bonds is 3. The summed E-state index contributed by atoms with van der Waals surface area (Å²) in [5.41, 5.74) is 0. The van der Waals surface area contributed by atoms with Crippen LogP contribution in [0.3, 0.4) is 0 Å². The van der Waals surface area contributed by atoms with E-state index in [0.717, 1.165) is 32.4 Å². The van der Waals surface area contributed by atoms with Gasteiger partial charge in [-0.05, 0) is 37.5 Å². The summed E-state index contributed by atoms with van der Waals surface area (Å²) in [6, 6.07) is 0. The number of hydrogen-bond donors (Lipinski definition) is 1. The monoisotopic (exact) mass is 211 g/mol. The van der Waals surface area contributed by atoms with Gasteiger partial charge >= 0.3 is 0 Å². The molecule has 15 heavy (non-hydrogen) atoms. The molecule has 0 radical (unpaired) electrons. The van der Waals surface area contributed by atoms with Gasteiger partial charge in [-0.3, -0.25) is 4.79 Å². The molecule has 0 aromatic rings. The maximum atomic E-state index is 11.9. The highest BCUT2D eigenvalue weighted by molar-refractivity contribution is 5.76. The van der Waals surface area contributed by atoms with Crippen molar-refractivity contribution in [1.82, 2.24) is 4.90 Å². The summed E-state index contributed by atoms with van der Waals surface area (Å²) in [4.78, 5) is 13.9. The lowest BCUT2D eigenvalue weighted by atomic mass is 9.82. The summed E-state index contributed by atoms with van der Waals surface area (Å²) in [6.07, 6.45) is 6.53. The predicted molar refractivity (Wildman–Crippen MR) is 58.3 cm³/mol. The van der Waals surface area contributed by atoms with Crippen LogP contribution in [0.2, 0.25) is 0 Å². The molecule has 3 heteroatoms. The maximum absolute atomic E-state index is 11.9. The molecule has 0 atom stereocenters. The Morgan fingerprint density at radius 2 is 1.80 bits per heavy atom. The molecule has 1 N–H and O–H groups in total. The molecule has 3 nitrogen and oxygen atoms in total. The summed E-state index contributed by atoms with van der Waals surface area (Å²) in [6.45, 7) is 2.00. The molecule has 0 aromatic heterocycles. The molecule has 1 amide bonds. The number of hydrogen-bond acceptors (Lipinski definition) is 2. The molecule has 1 aliphatic heterocycles. The van der Waals surface area contributed by atoms with E-state index in [1.807, 2.05) is 4.90 Å². The van der Waals surface area contributed by atoms with Crippen LogP contribution in [0.25, 0.3) is 0 Å². The zero-order valence-electron chi connectivity index (χ0n) is 9.32.